The molecule has 5 nitrogen and oxygen atoms in total. The van der Waals surface area contributed by atoms with Gasteiger partial charge in [0, 0.05) is 40.4 Å². The minimum atomic E-state index is -0.244. The Bertz CT molecular complexity index is 2910. The third-order valence-electron chi connectivity index (χ3n) is 11.8. The molecular weight excluding hydrogens is 740 g/mol. The molecule has 8 aromatic rings. The summed E-state index contributed by atoms with van der Waals surface area (Å²) >= 11 is 0. The van der Waals surface area contributed by atoms with Crippen LogP contribution >= 0.6 is 0 Å². The minimum Gasteiger partial charge on any atom is -0.457 e. The monoisotopic (exact) mass is 792 g/mol. The van der Waals surface area contributed by atoms with E-state index in [2.05, 4.69) is 192 Å². The first-order chi connectivity index (χ1) is 28.5. The van der Waals surface area contributed by atoms with E-state index in [1.165, 1.54) is 22.1 Å². The Morgan fingerprint density at radius 3 is 1.95 bits per heavy atom. The Hall–Kier alpha value is -6.40. The van der Waals surface area contributed by atoms with Crippen LogP contribution in [0.2, 0.25) is 0 Å². The van der Waals surface area contributed by atoms with Gasteiger partial charge in [-0.15, -0.1) is 0 Å². The number of benzene rings is 6. The van der Waals surface area contributed by atoms with Gasteiger partial charge in [-0.2, -0.15) is 0 Å². The molecule has 2 aromatic heterocycles. The lowest BCUT2D eigenvalue weighted by atomic mass is 9.83. The highest BCUT2D eigenvalue weighted by Gasteiger charge is 2.34. The molecule has 0 saturated carbocycles. The van der Waals surface area contributed by atoms with Crippen LogP contribution in [0.15, 0.2) is 146 Å². The number of hydrogen-bond donors (Lipinski definition) is 0. The van der Waals surface area contributed by atoms with Crippen LogP contribution < -0.4 is 14.5 Å². The van der Waals surface area contributed by atoms with Gasteiger partial charge in [0.1, 0.15) is 29.8 Å². The summed E-state index contributed by atoms with van der Waals surface area (Å²) in [6.07, 6.45) is 1.92. The van der Waals surface area contributed by atoms with E-state index in [1.807, 2.05) is 18.3 Å². The van der Waals surface area contributed by atoms with Gasteiger partial charge in [-0.05, 0) is 105 Å². The topological polar surface area (TPSA) is 33.5 Å². The molecule has 60 heavy (non-hydrogen) atoms. The molecule has 0 N–H and O–H groups in total. The van der Waals surface area contributed by atoms with E-state index in [1.54, 1.807) is 12.1 Å². The maximum atomic E-state index is 14.2. The van der Waals surface area contributed by atoms with Crippen LogP contribution in [0.4, 0.5) is 27.1 Å². The smallest absolute Gasteiger partial charge is 0.137 e. The number of para-hydroxylation sites is 4. The van der Waals surface area contributed by atoms with Gasteiger partial charge in [0.05, 0.1) is 28.1 Å². The van der Waals surface area contributed by atoms with Crippen molar-refractivity contribution in [3.05, 3.63) is 168 Å². The zero-order chi connectivity index (χ0) is 42.1. The van der Waals surface area contributed by atoms with Crippen LogP contribution in [0.3, 0.4) is 0 Å². The lowest BCUT2D eigenvalue weighted by Crippen LogP contribution is -2.27. The van der Waals surface area contributed by atoms with Crippen LogP contribution in [0.1, 0.15) is 79.0 Å². The highest BCUT2D eigenvalue weighted by Crippen LogP contribution is 2.51. The summed E-state index contributed by atoms with van der Waals surface area (Å²) in [7, 11) is 0. The van der Waals surface area contributed by atoms with Gasteiger partial charge in [-0.1, -0.05) is 123 Å². The first-order valence-corrected chi connectivity index (χ1v) is 20.9. The fraction of sp³-hybridized carbons (Fsp3) is 0.241. The molecule has 6 aromatic carbocycles. The van der Waals surface area contributed by atoms with E-state index in [4.69, 9.17) is 9.72 Å². The quantitative estimate of drug-likeness (QED) is 0.168. The SMILES string of the molecule is CC(C)(C)c1cc(Oc2ccc3c4ccccc4n(-c4cc(C(C)(C)C)ccn4)c3c2)cc(N2CN(c3c(-c4ccc(F)cc4)cccc3C(C)(C)C)c3ccccc32)c1. The molecule has 9 rings (SSSR count). The first-order valence-electron chi connectivity index (χ1n) is 20.9. The molecule has 1 aliphatic heterocycles. The van der Waals surface area contributed by atoms with Crippen molar-refractivity contribution in [2.24, 2.45) is 0 Å². The maximum absolute atomic E-state index is 14.2. The van der Waals surface area contributed by atoms with Crippen molar-refractivity contribution in [2.45, 2.75) is 78.6 Å². The Morgan fingerprint density at radius 1 is 0.550 bits per heavy atom. The Labute approximate surface area is 353 Å². The molecular formula is C54H53FN4O. The summed E-state index contributed by atoms with van der Waals surface area (Å²) in [6.45, 7) is 20.8. The van der Waals surface area contributed by atoms with Crippen LogP contribution in [0.5, 0.6) is 11.5 Å². The fourth-order valence-corrected chi connectivity index (χ4v) is 8.56. The van der Waals surface area contributed by atoms with E-state index >= 15 is 0 Å². The van der Waals surface area contributed by atoms with Gasteiger partial charge in [-0.3, -0.25) is 4.57 Å². The van der Waals surface area contributed by atoms with Gasteiger partial charge in [0.15, 0.2) is 0 Å². The second kappa shape index (κ2) is 14.4. The molecule has 0 unspecified atom stereocenters. The predicted octanol–water partition coefficient (Wildman–Crippen LogP) is 14.9. The fourth-order valence-electron chi connectivity index (χ4n) is 8.56. The molecule has 0 fully saturated rings. The molecule has 0 amide bonds. The molecule has 0 aliphatic carbocycles. The number of nitrogens with zero attached hydrogens (tertiary/aromatic N) is 4. The van der Waals surface area contributed by atoms with E-state index in [0.717, 1.165) is 67.6 Å². The molecule has 0 radical (unpaired) electrons. The summed E-state index contributed by atoms with van der Waals surface area (Å²) < 4.78 is 23.4. The summed E-state index contributed by atoms with van der Waals surface area (Å²) in [6, 6.07) is 47.9. The number of hydrogen-bond acceptors (Lipinski definition) is 4. The van der Waals surface area contributed by atoms with E-state index in [0.29, 0.717) is 6.67 Å². The Balaban J connectivity index is 1.15. The average molecular weight is 793 g/mol. The maximum Gasteiger partial charge on any atom is 0.137 e. The van der Waals surface area contributed by atoms with E-state index in [9.17, 15) is 4.39 Å². The highest BCUT2D eigenvalue weighted by atomic mass is 19.1. The number of ether oxygens (including phenoxy) is 1. The standard InChI is InChI=1S/C54H53FN4O/c1-52(2,3)36-27-28-56-50(31-36)59-46-18-11-10-15-43(46)44-26-25-40(33-49(44)59)60-41-30-37(53(4,5)6)29-39(32-41)57-34-58(48-20-13-12-19-47(48)57)51-42(35-21-23-38(55)24-22-35)16-14-17-45(51)54(7,8)9/h10-33H,34H2,1-9H3. The molecule has 0 spiro atoms. The number of fused-ring (bicyclic) bond motifs is 4. The zero-order valence-corrected chi connectivity index (χ0v) is 36.1. The van der Waals surface area contributed by atoms with E-state index < -0.39 is 0 Å². The Kier molecular flexibility index (Phi) is 9.38. The number of aromatic nitrogens is 2. The average Bonchev–Trinajstić information content (AvgIpc) is 3.76. The van der Waals surface area contributed by atoms with Gasteiger partial charge < -0.3 is 14.5 Å². The Morgan fingerprint density at radius 2 is 1.23 bits per heavy atom. The van der Waals surface area contributed by atoms with Crippen molar-refractivity contribution < 1.29 is 9.13 Å². The summed E-state index contributed by atoms with van der Waals surface area (Å²) in [5.74, 6) is 2.16. The molecule has 6 heteroatoms. The number of anilines is 4. The molecule has 0 bridgehead atoms. The van der Waals surface area contributed by atoms with Crippen LogP contribution in [0, 0.1) is 5.82 Å². The third-order valence-corrected chi connectivity index (χ3v) is 11.8. The van der Waals surface area contributed by atoms with E-state index in [-0.39, 0.29) is 22.1 Å². The first kappa shape index (κ1) is 39.1. The van der Waals surface area contributed by atoms with Crippen LogP contribution in [-0.4, -0.2) is 16.2 Å². The van der Waals surface area contributed by atoms with Crippen molar-refractivity contribution in [3.8, 4) is 28.4 Å². The largest absolute Gasteiger partial charge is 0.457 e. The normalized spacial score (nSPS) is 13.4. The van der Waals surface area contributed by atoms with Crippen molar-refractivity contribution in [2.75, 3.05) is 16.5 Å². The molecule has 0 saturated heterocycles. The second-order valence-corrected chi connectivity index (χ2v) is 19.2. The third kappa shape index (κ3) is 7.08. The lowest BCUT2D eigenvalue weighted by Gasteiger charge is -2.32. The van der Waals surface area contributed by atoms with Gasteiger partial charge in [0.25, 0.3) is 0 Å². The van der Waals surface area contributed by atoms with Crippen molar-refractivity contribution >= 4 is 44.6 Å². The van der Waals surface area contributed by atoms with Crippen molar-refractivity contribution in [1.29, 1.82) is 0 Å². The molecule has 1 aliphatic rings. The summed E-state index contributed by atoms with van der Waals surface area (Å²) in [5.41, 5.74) is 11.9. The van der Waals surface area contributed by atoms with Crippen molar-refractivity contribution in [1.82, 2.24) is 9.55 Å². The van der Waals surface area contributed by atoms with Gasteiger partial charge in [-0.25, -0.2) is 9.37 Å². The van der Waals surface area contributed by atoms with Crippen LogP contribution in [0.25, 0.3) is 38.8 Å². The van der Waals surface area contributed by atoms with Crippen LogP contribution in [-0.2, 0) is 16.2 Å². The second-order valence-electron chi connectivity index (χ2n) is 19.2. The molecule has 3 heterocycles. The molecule has 0 atom stereocenters. The van der Waals surface area contributed by atoms with Gasteiger partial charge >= 0.3 is 0 Å². The van der Waals surface area contributed by atoms with Gasteiger partial charge in [0.2, 0.25) is 0 Å². The lowest BCUT2D eigenvalue weighted by molar-refractivity contribution is 0.479. The summed E-state index contributed by atoms with van der Waals surface area (Å²) in [4.78, 5) is 9.71. The highest BCUT2D eigenvalue weighted by molar-refractivity contribution is 6.09. The minimum absolute atomic E-state index is 0.0196. The van der Waals surface area contributed by atoms with Crippen molar-refractivity contribution in [3.63, 3.8) is 0 Å². The number of pyridine rings is 1. The number of rotatable bonds is 6. The zero-order valence-electron chi connectivity index (χ0n) is 36.1. The summed E-state index contributed by atoms with van der Waals surface area (Å²) in [5, 5.41) is 2.32. The molecule has 302 valence electrons. The predicted molar refractivity (Wildman–Crippen MR) is 249 cm³/mol. The number of halogens is 1.